The van der Waals surface area contributed by atoms with Gasteiger partial charge in [-0.3, -0.25) is 14.3 Å². The molecule has 1 unspecified atom stereocenters. The molecule has 0 bridgehead atoms. The zero-order chi connectivity index (χ0) is 19.4. The molecule has 1 N–H and O–H groups in total. The van der Waals surface area contributed by atoms with Crippen LogP contribution in [0.4, 0.5) is 4.39 Å². The van der Waals surface area contributed by atoms with E-state index in [2.05, 4.69) is 15.6 Å². The van der Waals surface area contributed by atoms with Gasteiger partial charge in [-0.2, -0.15) is 0 Å². The van der Waals surface area contributed by atoms with E-state index < -0.39 is 5.54 Å². The third-order valence-electron chi connectivity index (χ3n) is 4.98. The Bertz CT molecular complexity index is 837. The molecule has 144 valence electrons. The van der Waals surface area contributed by atoms with Crippen molar-refractivity contribution in [3.8, 4) is 0 Å². The third kappa shape index (κ3) is 4.69. The number of likely N-dealkylation sites (tertiary alicyclic amines) is 1. The van der Waals surface area contributed by atoms with Gasteiger partial charge in [-0.25, -0.2) is 4.39 Å². The van der Waals surface area contributed by atoms with Crippen molar-refractivity contribution in [2.24, 2.45) is 7.05 Å². The van der Waals surface area contributed by atoms with Crippen LogP contribution >= 0.6 is 0 Å². The number of carbonyl (C=O) groups is 2. The average Bonchev–Trinajstić information content (AvgIpc) is 3.20. The molecular weight excluding hydrogens is 349 g/mol. The molecule has 1 aliphatic heterocycles. The van der Waals surface area contributed by atoms with Crippen molar-refractivity contribution < 1.29 is 14.0 Å². The van der Waals surface area contributed by atoms with Crippen LogP contribution < -0.4 is 5.32 Å². The second-order valence-electron chi connectivity index (χ2n) is 7.29. The molecule has 2 aromatic rings. The maximum Gasteiger partial charge on any atom is 0.226 e. The fraction of sp³-hybridized carbons (Fsp3) is 0.474. The van der Waals surface area contributed by atoms with Gasteiger partial charge in [-0.1, -0.05) is 23.4 Å². The van der Waals surface area contributed by atoms with Gasteiger partial charge in [-0.15, -0.1) is 5.10 Å². The molecule has 1 saturated heterocycles. The van der Waals surface area contributed by atoms with Crippen molar-refractivity contribution in [3.05, 3.63) is 47.5 Å². The van der Waals surface area contributed by atoms with E-state index >= 15 is 0 Å². The van der Waals surface area contributed by atoms with Crippen molar-refractivity contribution in [2.75, 3.05) is 13.1 Å². The van der Waals surface area contributed by atoms with Crippen LogP contribution in [0.1, 0.15) is 31.0 Å². The monoisotopic (exact) mass is 373 g/mol. The minimum Gasteiger partial charge on any atom is -0.349 e. The number of hydrogen-bond donors (Lipinski definition) is 1. The first-order chi connectivity index (χ1) is 12.9. The minimum atomic E-state index is -0.462. The lowest BCUT2D eigenvalue weighted by atomic mass is 10.0. The molecule has 1 fully saturated rings. The molecule has 1 atom stereocenters. The smallest absolute Gasteiger partial charge is 0.226 e. The molecule has 0 radical (unpaired) electrons. The van der Waals surface area contributed by atoms with Crippen LogP contribution in [0.2, 0.25) is 0 Å². The Balaban J connectivity index is 1.50. The topological polar surface area (TPSA) is 80.1 Å². The van der Waals surface area contributed by atoms with E-state index in [1.54, 1.807) is 41.0 Å². The highest BCUT2D eigenvalue weighted by molar-refractivity contribution is 5.80. The molecule has 1 aliphatic rings. The fourth-order valence-corrected chi connectivity index (χ4v) is 3.39. The van der Waals surface area contributed by atoms with Gasteiger partial charge in [0, 0.05) is 26.6 Å². The lowest BCUT2D eigenvalue weighted by molar-refractivity contribution is -0.131. The van der Waals surface area contributed by atoms with E-state index in [1.807, 2.05) is 6.92 Å². The number of amides is 2. The maximum absolute atomic E-state index is 13.7. The van der Waals surface area contributed by atoms with Gasteiger partial charge < -0.3 is 10.2 Å². The van der Waals surface area contributed by atoms with E-state index in [0.717, 1.165) is 5.69 Å². The Morgan fingerprint density at radius 1 is 1.33 bits per heavy atom. The number of nitrogens with one attached hydrogen (secondary N) is 1. The van der Waals surface area contributed by atoms with Crippen LogP contribution in [-0.4, -0.2) is 50.3 Å². The standard InChI is InChI=1S/C19H24FN5O2/c1-19(22-17(26)11-15-12-21-23-24(15)2)9-10-25(13-19)18(27)8-7-14-5-3-4-6-16(14)20/h3-6,12H,7-11,13H2,1-2H3,(H,22,26). The van der Waals surface area contributed by atoms with Gasteiger partial charge in [0.2, 0.25) is 11.8 Å². The first kappa shape index (κ1) is 19.0. The normalized spacial score (nSPS) is 19.3. The SMILES string of the molecule is Cn1nncc1CC(=O)NC1(C)CCN(C(=O)CCc2ccccc2F)C1. The molecule has 8 heteroatoms. The first-order valence-corrected chi connectivity index (χ1v) is 9.02. The molecule has 3 rings (SSSR count). The summed E-state index contributed by atoms with van der Waals surface area (Å²) >= 11 is 0. The summed E-state index contributed by atoms with van der Waals surface area (Å²) in [6, 6.07) is 6.50. The Kier molecular flexibility index (Phi) is 5.53. The lowest BCUT2D eigenvalue weighted by Gasteiger charge is -2.26. The molecular formula is C19H24FN5O2. The zero-order valence-electron chi connectivity index (χ0n) is 15.6. The molecule has 7 nitrogen and oxygen atoms in total. The molecule has 0 spiro atoms. The van der Waals surface area contributed by atoms with Gasteiger partial charge in [0.15, 0.2) is 0 Å². The summed E-state index contributed by atoms with van der Waals surface area (Å²) in [5.41, 5.74) is 0.814. The van der Waals surface area contributed by atoms with Gasteiger partial charge in [0.05, 0.1) is 23.9 Å². The van der Waals surface area contributed by atoms with Crippen molar-refractivity contribution >= 4 is 11.8 Å². The number of carbonyl (C=O) groups excluding carboxylic acids is 2. The van der Waals surface area contributed by atoms with E-state index in [1.165, 1.54) is 6.07 Å². The number of aryl methyl sites for hydroxylation is 2. The largest absolute Gasteiger partial charge is 0.349 e. The Morgan fingerprint density at radius 3 is 2.81 bits per heavy atom. The van der Waals surface area contributed by atoms with Crippen molar-refractivity contribution in [1.82, 2.24) is 25.2 Å². The summed E-state index contributed by atoms with van der Waals surface area (Å²) < 4.78 is 15.2. The van der Waals surface area contributed by atoms with Gasteiger partial charge >= 0.3 is 0 Å². The minimum absolute atomic E-state index is 0.0212. The van der Waals surface area contributed by atoms with E-state index in [-0.39, 0.29) is 30.5 Å². The van der Waals surface area contributed by atoms with Crippen LogP contribution in [0.3, 0.4) is 0 Å². The number of nitrogens with zero attached hydrogens (tertiary/aromatic N) is 4. The molecule has 1 aromatic carbocycles. The van der Waals surface area contributed by atoms with E-state index in [4.69, 9.17) is 0 Å². The summed E-state index contributed by atoms with van der Waals surface area (Å²) in [6.07, 6.45) is 3.08. The summed E-state index contributed by atoms with van der Waals surface area (Å²) in [4.78, 5) is 26.5. The predicted octanol–water partition coefficient (Wildman–Crippen LogP) is 1.24. The van der Waals surface area contributed by atoms with Crippen LogP contribution in [0, 0.1) is 5.82 Å². The highest BCUT2D eigenvalue weighted by Gasteiger charge is 2.37. The highest BCUT2D eigenvalue weighted by atomic mass is 19.1. The number of halogens is 1. The second-order valence-corrected chi connectivity index (χ2v) is 7.29. The van der Waals surface area contributed by atoms with Gasteiger partial charge in [-0.05, 0) is 31.4 Å². The van der Waals surface area contributed by atoms with Gasteiger partial charge in [0.1, 0.15) is 5.82 Å². The highest BCUT2D eigenvalue weighted by Crippen LogP contribution is 2.22. The van der Waals surface area contributed by atoms with Crippen LogP contribution in [0.15, 0.2) is 30.5 Å². The van der Waals surface area contributed by atoms with Crippen molar-refractivity contribution in [2.45, 2.75) is 38.1 Å². The predicted molar refractivity (Wildman–Crippen MR) is 97.2 cm³/mol. The fourth-order valence-electron chi connectivity index (χ4n) is 3.39. The summed E-state index contributed by atoms with van der Waals surface area (Å²) in [5.74, 6) is -0.427. The molecule has 0 saturated carbocycles. The number of rotatable bonds is 6. The summed E-state index contributed by atoms with van der Waals surface area (Å²) in [5, 5.41) is 10.6. The summed E-state index contributed by atoms with van der Waals surface area (Å²) in [6.45, 7) is 2.98. The average molecular weight is 373 g/mol. The maximum atomic E-state index is 13.7. The van der Waals surface area contributed by atoms with Gasteiger partial charge in [0.25, 0.3) is 0 Å². The van der Waals surface area contributed by atoms with E-state index in [0.29, 0.717) is 31.5 Å². The zero-order valence-corrected chi connectivity index (χ0v) is 15.6. The molecule has 1 aromatic heterocycles. The Hall–Kier alpha value is -2.77. The van der Waals surface area contributed by atoms with Crippen molar-refractivity contribution in [1.29, 1.82) is 0 Å². The van der Waals surface area contributed by atoms with Crippen LogP contribution in [0.5, 0.6) is 0 Å². The number of aromatic nitrogens is 3. The van der Waals surface area contributed by atoms with Crippen molar-refractivity contribution in [3.63, 3.8) is 0 Å². The second kappa shape index (κ2) is 7.85. The first-order valence-electron chi connectivity index (χ1n) is 9.02. The Morgan fingerprint density at radius 2 is 2.11 bits per heavy atom. The molecule has 2 heterocycles. The molecule has 27 heavy (non-hydrogen) atoms. The Labute approximate surface area is 157 Å². The lowest BCUT2D eigenvalue weighted by Crippen LogP contribution is -2.49. The molecule has 2 amide bonds. The third-order valence-corrected chi connectivity index (χ3v) is 4.98. The molecule has 0 aliphatic carbocycles. The number of benzene rings is 1. The number of hydrogen-bond acceptors (Lipinski definition) is 4. The summed E-state index contributed by atoms with van der Waals surface area (Å²) in [7, 11) is 1.74. The van der Waals surface area contributed by atoms with E-state index in [9.17, 15) is 14.0 Å². The van der Waals surface area contributed by atoms with Crippen LogP contribution in [0.25, 0.3) is 0 Å². The van der Waals surface area contributed by atoms with Crippen LogP contribution in [-0.2, 0) is 29.5 Å². The quantitative estimate of drug-likeness (QED) is 0.826.